The van der Waals surface area contributed by atoms with Crippen molar-refractivity contribution < 1.29 is 22.7 Å². The predicted molar refractivity (Wildman–Crippen MR) is 112 cm³/mol. The van der Waals surface area contributed by atoms with E-state index in [0.29, 0.717) is 41.6 Å². The Bertz CT molecular complexity index is 936. The van der Waals surface area contributed by atoms with Crippen molar-refractivity contribution in [3.63, 3.8) is 0 Å². The van der Waals surface area contributed by atoms with Gasteiger partial charge in [0.1, 0.15) is 4.21 Å². The number of carbonyl (C=O) groups is 1. The first-order valence-electron chi connectivity index (χ1n) is 9.42. The number of rotatable bonds is 7. The number of piperidine rings is 1. The number of carbonyl (C=O) groups excluding carboxylic acids is 1. The van der Waals surface area contributed by atoms with Gasteiger partial charge in [-0.15, -0.1) is 11.3 Å². The smallest absolute Gasteiger partial charge is 0.252 e. The molecule has 1 saturated heterocycles. The molecule has 1 atom stereocenters. The lowest BCUT2D eigenvalue weighted by atomic mass is 9.96. The molecule has 3 rings (SSSR count). The van der Waals surface area contributed by atoms with Crippen LogP contribution in [0.2, 0.25) is 0 Å². The van der Waals surface area contributed by atoms with Gasteiger partial charge in [0.2, 0.25) is 5.91 Å². The van der Waals surface area contributed by atoms with Gasteiger partial charge in [0.15, 0.2) is 11.5 Å². The standard InChI is InChI=1S/C20H26N2O5S2/c1-14(16-6-7-17(26-2)18(13-16)27-3)21-20(23)15-8-10-22(11-9-15)29(24,25)19-5-4-12-28-19/h4-7,12-15H,8-11H2,1-3H3,(H,21,23)/t14-/m0/s1. The van der Waals surface area contributed by atoms with E-state index < -0.39 is 10.0 Å². The quantitative estimate of drug-likeness (QED) is 0.718. The summed E-state index contributed by atoms with van der Waals surface area (Å²) in [5.74, 6) is 0.986. The van der Waals surface area contributed by atoms with Gasteiger partial charge >= 0.3 is 0 Å². The van der Waals surface area contributed by atoms with Crippen LogP contribution in [0.5, 0.6) is 11.5 Å². The van der Waals surface area contributed by atoms with E-state index in [1.165, 1.54) is 15.6 Å². The lowest BCUT2D eigenvalue weighted by Gasteiger charge is -2.30. The molecule has 1 amide bonds. The van der Waals surface area contributed by atoms with E-state index in [2.05, 4.69) is 5.32 Å². The van der Waals surface area contributed by atoms with Crippen molar-refractivity contribution in [2.75, 3.05) is 27.3 Å². The van der Waals surface area contributed by atoms with Gasteiger partial charge in [-0.25, -0.2) is 8.42 Å². The molecule has 0 radical (unpaired) electrons. The van der Waals surface area contributed by atoms with Crippen molar-refractivity contribution in [3.05, 3.63) is 41.3 Å². The van der Waals surface area contributed by atoms with Crippen LogP contribution >= 0.6 is 11.3 Å². The molecule has 2 heterocycles. The second-order valence-electron chi connectivity index (χ2n) is 6.96. The summed E-state index contributed by atoms with van der Waals surface area (Å²) in [6.45, 7) is 2.61. The fourth-order valence-corrected chi connectivity index (χ4v) is 6.05. The number of amides is 1. The van der Waals surface area contributed by atoms with Crippen molar-refractivity contribution in [2.45, 2.75) is 30.0 Å². The average molecular weight is 439 g/mol. The number of thiophene rings is 1. The van der Waals surface area contributed by atoms with Crippen LogP contribution in [0.3, 0.4) is 0 Å². The van der Waals surface area contributed by atoms with Gasteiger partial charge < -0.3 is 14.8 Å². The van der Waals surface area contributed by atoms with E-state index in [0.717, 1.165) is 5.56 Å². The lowest BCUT2D eigenvalue weighted by molar-refractivity contribution is -0.126. The number of methoxy groups -OCH3 is 2. The van der Waals surface area contributed by atoms with Crippen LogP contribution in [0.4, 0.5) is 0 Å². The van der Waals surface area contributed by atoms with Crippen LogP contribution in [0.25, 0.3) is 0 Å². The summed E-state index contributed by atoms with van der Waals surface area (Å²) in [6, 6.07) is 8.69. The molecule has 1 N–H and O–H groups in total. The first kappa shape index (κ1) is 21.6. The monoisotopic (exact) mass is 438 g/mol. The molecule has 0 aliphatic carbocycles. The Hall–Kier alpha value is -2.10. The highest BCUT2D eigenvalue weighted by Crippen LogP contribution is 2.31. The Morgan fingerprint density at radius 2 is 1.86 bits per heavy atom. The molecule has 1 fully saturated rings. The van der Waals surface area contributed by atoms with Gasteiger partial charge in [0, 0.05) is 19.0 Å². The second-order valence-corrected chi connectivity index (χ2v) is 10.1. The van der Waals surface area contributed by atoms with Crippen LogP contribution in [0, 0.1) is 5.92 Å². The van der Waals surface area contributed by atoms with Crippen LogP contribution in [0.15, 0.2) is 39.9 Å². The molecule has 1 aromatic carbocycles. The predicted octanol–water partition coefficient (Wildman–Crippen LogP) is 3.04. The Balaban J connectivity index is 1.58. The van der Waals surface area contributed by atoms with Crippen molar-refractivity contribution in [1.82, 2.24) is 9.62 Å². The molecule has 1 aromatic heterocycles. The zero-order chi connectivity index (χ0) is 21.0. The molecule has 9 heteroatoms. The van der Waals surface area contributed by atoms with Gasteiger partial charge in [0.25, 0.3) is 10.0 Å². The van der Waals surface area contributed by atoms with E-state index in [1.807, 2.05) is 25.1 Å². The summed E-state index contributed by atoms with van der Waals surface area (Å²) in [4.78, 5) is 12.7. The zero-order valence-electron chi connectivity index (χ0n) is 16.8. The largest absolute Gasteiger partial charge is 0.493 e. The minimum absolute atomic E-state index is 0.0551. The topological polar surface area (TPSA) is 84.9 Å². The number of hydrogen-bond donors (Lipinski definition) is 1. The van der Waals surface area contributed by atoms with Gasteiger partial charge in [-0.05, 0) is 48.9 Å². The molecule has 1 aliphatic heterocycles. The van der Waals surface area contributed by atoms with E-state index in [1.54, 1.807) is 31.7 Å². The van der Waals surface area contributed by atoms with Crippen molar-refractivity contribution >= 4 is 27.3 Å². The minimum atomic E-state index is -3.45. The molecule has 0 unspecified atom stereocenters. The second kappa shape index (κ2) is 9.15. The maximum absolute atomic E-state index is 12.7. The SMILES string of the molecule is COc1ccc([C@H](C)NC(=O)C2CCN(S(=O)(=O)c3cccs3)CC2)cc1OC. The fourth-order valence-electron chi connectivity index (χ4n) is 3.43. The molecule has 0 spiro atoms. The van der Waals surface area contributed by atoms with Gasteiger partial charge in [-0.3, -0.25) is 4.79 Å². The molecular formula is C20H26N2O5S2. The van der Waals surface area contributed by atoms with Gasteiger partial charge in [0.05, 0.1) is 20.3 Å². The van der Waals surface area contributed by atoms with E-state index >= 15 is 0 Å². The Labute approximate surface area is 175 Å². The highest BCUT2D eigenvalue weighted by Gasteiger charge is 2.33. The number of hydrogen-bond acceptors (Lipinski definition) is 6. The van der Waals surface area contributed by atoms with Crippen LogP contribution < -0.4 is 14.8 Å². The number of ether oxygens (including phenoxy) is 2. The third-order valence-corrected chi connectivity index (χ3v) is 8.45. The van der Waals surface area contributed by atoms with Crippen LogP contribution in [-0.4, -0.2) is 45.9 Å². The highest BCUT2D eigenvalue weighted by molar-refractivity contribution is 7.91. The Morgan fingerprint density at radius 3 is 2.45 bits per heavy atom. The molecule has 0 bridgehead atoms. The summed E-state index contributed by atoms with van der Waals surface area (Å²) < 4.78 is 37.6. The van der Waals surface area contributed by atoms with Gasteiger partial charge in [-0.2, -0.15) is 4.31 Å². The van der Waals surface area contributed by atoms with E-state index in [4.69, 9.17) is 9.47 Å². The molecule has 29 heavy (non-hydrogen) atoms. The van der Waals surface area contributed by atoms with E-state index in [9.17, 15) is 13.2 Å². The summed E-state index contributed by atoms with van der Waals surface area (Å²) in [5.41, 5.74) is 0.911. The summed E-state index contributed by atoms with van der Waals surface area (Å²) in [7, 11) is -0.304. The van der Waals surface area contributed by atoms with Crippen LogP contribution in [0.1, 0.15) is 31.4 Å². The maximum atomic E-state index is 12.7. The number of nitrogens with zero attached hydrogens (tertiary/aromatic N) is 1. The van der Waals surface area contributed by atoms with Crippen molar-refractivity contribution in [3.8, 4) is 11.5 Å². The third-order valence-electron chi connectivity index (χ3n) is 5.18. The number of benzene rings is 1. The number of nitrogens with one attached hydrogen (secondary N) is 1. The Morgan fingerprint density at radius 1 is 1.17 bits per heavy atom. The molecule has 2 aromatic rings. The number of sulfonamides is 1. The van der Waals surface area contributed by atoms with Crippen molar-refractivity contribution in [2.24, 2.45) is 5.92 Å². The van der Waals surface area contributed by atoms with Crippen molar-refractivity contribution in [1.29, 1.82) is 0 Å². The Kier molecular flexibility index (Phi) is 6.81. The normalized spacial score (nSPS) is 16.9. The first-order valence-corrected chi connectivity index (χ1v) is 11.7. The lowest BCUT2D eigenvalue weighted by Crippen LogP contribution is -2.43. The molecule has 1 aliphatic rings. The third kappa shape index (κ3) is 4.73. The summed E-state index contributed by atoms with van der Waals surface area (Å²) in [5, 5.41) is 4.79. The summed E-state index contributed by atoms with van der Waals surface area (Å²) in [6.07, 6.45) is 1.02. The first-order chi connectivity index (χ1) is 13.9. The maximum Gasteiger partial charge on any atom is 0.252 e. The summed E-state index contributed by atoms with van der Waals surface area (Å²) >= 11 is 1.21. The molecule has 158 valence electrons. The van der Waals surface area contributed by atoms with Crippen LogP contribution in [-0.2, 0) is 14.8 Å². The zero-order valence-corrected chi connectivity index (χ0v) is 18.4. The molecule has 7 nitrogen and oxygen atoms in total. The molecular weight excluding hydrogens is 412 g/mol. The molecule has 0 saturated carbocycles. The fraction of sp³-hybridized carbons (Fsp3) is 0.450. The van der Waals surface area contributed by atoms with E-state index in [-0.39, 0.29) is 17.9 Å². The average Bonchev–Trinajstić information content (AvgIpc) is 3.29. The highest BCUT2D eigenvalue weighted by atomic mass is 32.2. The van der Waals surface area contributed by atoms with Gasteiger partial charge in [-0.1, -0.05) is 12.1 Å². The minimum Gasteiger partial charge on any atom is -0.493 e.